The zero-order valence-electron chi connectivity index (χ0n) is 13.3. The highest BCUT2D eigenvalue weighted by Crippen LogP contribution is 2.16. The number of pyridine rings is 1. The molecule has 116 valence electrons. The molecule has 23 heavy (non-hydrogen) atoms. The Balaban J connectivity index is 1.71. The minimum Gasteiger partial charge on any atom is -0.346 e. The molecular formula is C19H19N3O. The van der Waals surface area contributed by atoms with E-state index in [1.165, 1.54) is 11.4 Å². The van der Waals surface area contributed by atoms with E-state index >= 15 is 0 Å². The van der Waals surface area contributed by atoms with Crippen molar-refractivity contribution in [2.75, 3.05) is 0 Å². The summed E-state index contributed by atoms with van der Waals surface area (Å²) in [6.45, 7) is 4.57. The summed E-state index contributed by atoms with van der Waals surface area (Å²) in [6, 6.07) is 17.5. The second kappa shape index (κ2) is 6.48. The Morgan fingerprint density at radius 2 is 1.70 bits per heavy atom. The van der Waals surface area contributed by atoms with Crippen LogP contribution in [0.2, 0.25) is 0 Å². The highest BCUT2D eigenvalue weighted by Gasteiger charge is 2.08. The van der Waals surface area contributed by atoms with Crippen molar-refractivity contribution in [3.63, 3.8) is 0 Å². The standard InChI is InChI=1S/C19H19N3O/c1-14-6-7-15(2)22(14)18-10-8-16(9-11-18)19(23)21-13-17-5-3-4-12-20-17/h3-12H,13H2,1-2H3,(H,21,23). The van der Waals surface area contributed by atoms with Crippen molar-refractivity contribution in [3.8, 4) is 5.69 Å². The first kappa shape index (κ1) is 15.0. The molecule has 0 aliphatic heterocycles. The molecule has 0 fully saturated rings. The SMILES string of the molecule is Cc1ccc(C)n1-c1ccc(C(=O)NCc2ccccn2)cc1. The zero-order chi connectivity index (χ0) is 16.2. The fraction of sp³-hybridized carbons (Fsp3) is 0.158. The van der Waals surface area contributed by atoms with Crippen LogP contribution in [0.5, 0.6) is 0 Å². The number of nitrogens with zero attached hydrogens (tertiary/aromatic N) is 2. The molecule has 0 spiro atoms. The predicted molar refractivity (Wildman–Crippen MR) is 90.7 cm³/mol. The molecular weight excluding hydrogens is 286 g/mol. The van der Waals surface area contributed by atoms with Crippen LogP contribution < -0.4 is 5.32 Å². The van der Waals surface area contributed by atoms with Gasteiger partial charge in [0, 0.05) is 28.8 Å². The lowest BCUT2D eigenvalue weighted by molar-refractivity contribution is 0.0950. The smallest absolute Gasteiger partial charge is 0.251 e. The third kappa shape index (κ3) is 3.31. The largest absolute Gasteiger partial charge is 0.346 e. The topological polar surface area (TPSA) is 46.9 Å². The Morgan fingerprint density at radius 1 is 1.00 bits per heavy atom. The van der Waals surface area contributed by atoms with E-state index in [0.29, 0.717) is 12.1 Å². The van der Waals surface area contributed by atoms with E-state index in [1.54, 1.807) is 6.20 Å². The highest BCUT2D eigenvalue weighted by molar-refractivity contribution is 5.94. The van der Waals surface area contributed by atoms with Crippen molar-refractivity contribution in [1.29, 1.82) is 0 Å². The highest BCUT2D eigenvalue weighted by atomic mass is 16.1. The Bertz CT molecular complexity index is 785. The molecule has 0 radical (unpaired) electrons. The third-order valence-corrected chi connectivity index (χ3v) is 3.82. The minimum absolute atomic E-state index is 0.0943. The molecule has 4 nitrogen and oxygen atoms in total. The minimum atomic E-state index is -0.0943. The Kier molecular flexibility index (Phi) is 4.24. The lowest BCUT2D eigenvalue weighted by atomic mass is 10.2. The van der Waals surface area contributed by atoms with Crippen LogP contribution in [0, 0.1) is 13.8 Å². The average Bonchev–Trinajstić information content (AvgIpc) is 2.92. The molecule has 1 N–H and O–H groups in total. The molecule has 0 aliphatic carbocycles. The second-order valence-electron chi connectivity index (χ2n) is 5.50. The summed E-state index contributed by atoms with van der Waals surface area (Å²) in [4.78, 5) is 16.4. The number of nitrogens with one attached hydrogen (secondary N) is 1. The van der Waals surface area contributed by atoms with Gasteiger partial charge in [-0.15, -0.1) is 0 Å². The van der Waals surface area contributed by atoms with E-state index in [2.05, 4.69) is 40.8 Å². The fourth-order valence-electron chi connectivity index (χ4n) is 2.61. The summed E-state index contributed by atoms with van der Waals surface area (Å²) in [5.74, 6) is -0.0943. The van der Waals surface area contributed by atoms with E-state index < -0.39 is 0 Å². The number of carbonyl (C=O) groups is 1. The Morgan fingerprint density at radius 3 is 2.30 bits per heavy atom. The van der Waals surface area contributed by atoms with Gasteiger partial charge in [-0.3, -0.25) is 9.78 Å². The van der Waals surface area contributed by atoms with Crippen molar-refractivity contribution in [1.82, 2.24) is 14.9 Å². The summed E-state index contributed by atoms with van der Waals surface area (Å²) >= 11 is 0. The quantitative estimate of drug-likeness (QED) is 0.803. The number of aromatic nitrogens is 2. The Labute approximate surface area is 135 Å². The van der Waals surface area contributed by atoms with Crippen LogP contribution in [0.15, 0.2) is 60.8 Å². The van der Waals surface area contributed by atoms with Gasteiger partial charge in [-0.1, -0.05) is 6.07 Å². The molecule has 0 aliphatic rings. The van der Waals surface area contributed by atoms with E-state index in [-0.39, 0.29) is 5.91 Å². The molecule has 1 amide bonds. The van der Waals surface area contributed by atoms with Gasteiger partial charge < -0.3 is 9.88 Å². The first-order valence-electron chi connectivity index (χ1n) is 7.58. The summed E-state index contributed by atoms with van der Waals surface area (Å²) in [7, 11) is 0. The van der Waals surface area contributed by atoms with Crippen LogP contribution in [0.25, 0.3) is 5.69 Å². The molecule has 0 bridgehead atoms. The number of carbonyl (C=O) groups excluding carboxylic acids is 1. The van der Waals surface area contributed by atoms with Crippen molar-refractivity contribution < 1.29 is 4.79 Å². The van der Waals surface area contributed by atoms with Gasteiger partial charge in [-0.05, 0) is 62.4 Å². The second-order valence-corrected chi connectivity index (χ2v) is 5.50. The van der Waals surface area contributed by atoms with E-state index in [0.717, 1.165) is 11.4 Å². The van der Waals surface area contributed by atoms with Crippen LogP contribution in [-0.2, 0) is 6.54 Å². The lowest BCUT2D eigenvalue weighted by Gasteiger charge is -2.10. The number of aryl methyl sites for hydroxylation is 2. The van der Waals surface area contributed by atoms with E-state index in [4.69, 9.17) is 0 Å². The maximum Gasteiger partial charge on any atom is 0.251 e. The number of amides is 1. The van der Waals surface area contributed by atoms with Gasteiger partial charge in [0.2, 0.25) is 0 Å². The number of rotatable bonds is 4. The first-order valence-corrected chi connectivity index (χ1v) is 7.58. The molecule has 1 aromatic carbocycles. The molecule has 2 heterocycles. The maximum atomic E-state index is 12.2. The van der Waals surface area contributed by atoms with Crippen LogP contribution >= 0.6 is 0 Å². The van der Waals surface area contributed by atoms with Crippen LogP contribution in [0.1, 0.15) is 27.4 Å². The van der Waals surface area contributed by atoms with Crippen molar-refractivity contribution in [2.45, 2.75) is 20.4 Å². The maximum absolute atomic E-state index is 12.2. The van der Waals surface area contributed by atoms with Crippen LogP contribution in [-0.4, -0.2) is 15.5 Å². The van der Waals surface area contributed by atoms with Crippen molar-refractivity contribution >= 4 is 5.91 Å². The van der Waals surface area contributed by atoms with Gasteiger partial charge in [0.05, 0.1) is 12.2 Å². The summed E-state index contributed by atoms with van der Waals surface area (Å²) in [6.07, 6.45) is 1.72. The van der Waals surface area contributed by atoms with Crippen LogP contribution in [0.3, 0.4) is 0 Å². The molecule has 0 unspecified atom stereocenters. The molecule has 4 heteroatoms. The molecule has 2 aromatic heterocycles. The Hall–Kier alpha value is -2.88. The van der Waals surface area contributed by atoms with Crippen molar-refractivity contribution in [2.24, 2.45) is 0 Å². The monoisotopic (exact) mass is 305 g/mol. The number of hydrogen-bond acceptors (Lipinski definition) is 2. The number of hydrogen-bond donors (Lipinski definition) is 1. The van der Waals surface area contributed by atoms with Gasteiger partial charge in [0.25, 0.3) is 5.91 Å². The van der Waals surface area contributed by atoms with Gasteiger partial charge in [0.1, 0.15) is 0 Å². The molecule has 3 aromatic rings. The van der Waals surface area contributed by atoms with Crippen LogP contribution in [0.4, 0.5) is 0 Å². The van der Waals surface area contributed by atoms with Gasteiger partial charge in [-0.25, -0.2) is 0 Å². The van der Waals surface area contributed by atoms with Crippen molar-refractivity contribution in [3.05, 3.63) is 83.4 Å². The third-order valence-electron chi connectivity index (χ3n) is 3.82. The molecule has 0 saturated carbocycles. The summed E-state index contributed by atoms with van der Waals surface area (Å²) in [5, 5.41) is 2.88. The number of benzene rings is 1. The zero-order valence-corrected chi connectivity index (χ0v) is 13.3. The normalized spacial score (nSPS) is 10.5. The van der Waals surface area contributed by atoms with Gasteiger partial charge in [-0.2, -0.15) is 0 Å². The molecule has 0 atom stereocenters. The molecule has 0 saturated heterocycles. The summed E-state index contributed by atoms with van der Waals surface area (Å²) < 4.78 is 2.16. The van der Waals surface area contributed by atoms with E-state index in [1.807, 2.05) is 42.5 Å². The first-order chi connectivity index (χ1) is 11.1. The summed E-state index contributed by atoms with van der Waals surface area (Å²) in [5.41, 5.74) is 4.90. The predicted octanol–water partition coefficient (Wildman–Crippen LogP) is 3.42. The fourth-order valence-corrected chi connectivity index (χ4v) is 2.61. The van der Waals surface area contributed by atoms with E-state index in [9.17, 15) is 4.79 Å². The lowest BCUT2D eigenvalue weighted by Crippen LogP contribution is -2.23. The van der Waals surface area contributed by atoms with Gasteiger partial charge in [0.15, 0.2) is 0 Å². The van der Waals surface area contributed by atoms with Gasteiger partial charge >= 0.3 is 0 Å². The average molecular weight is 305 g/mol. The molecule has 3 rings (SSSR count).